The highest BCUT2D eigenvalue weighted by Gasteiger charge is 2.45. The fourth-order valence-corrected chi connectivity index (χ4v) is 2.45. The summed E-state index contributed by atoms with van der Waals surface area (Å²) >= 11 is 4.98. The van der Waals surface area contributed by atoms with Crippen LogP contribution >= 0.6 is 12.2 Å². The Kier molecular flexibility index (Phi) is 6.88. The second-order valence-electron chi connectivity index (χ2n) is 5.45. The second-order valence-corrected chi connectivity index (χ2v) is 5.78. The third kappa shape index (κ3) is 4.84. The first-order valence-electron chi connectivity index (χ1n) is 7.69. The highest BCUT2D eigenvalue weighted by atomic mass is 32.1. The standard InChI is InChI=1S/C16H21FO6S/c1-3-8-20-15-13(19)14(12(18)9(2)21-15)23-16(24)22-11-6-4-10(17)5-7-11/h4-7,9,12-15,18-19H,3,8H2,1-2H3/t9-,12+,13-,14+,15-/m0/s1. The van der Waals surface area contributed by atoms with Gasteiger partial charge in [0, 0.05) is 18.8 Å². The topological polar surface area (TPSA) is 77.4 Å². The Balaban J connectivity index is 1.99. The number of hydrogen-bond donors (Lipinski definition) is 2. The Bertz CT molecular complexity index is 540. The molecule has 5 atom stereocenters. The number of ether oxygens (including phenoxy) is 4. The molecule has 6 nitrogen and oxygen atoms in total. The summed E-state index contributed by atoms with van der Waals surface area (Å²) in [5.41, 5.74) is 0. The molecule has 1 saturated heterocycles. The van der Waals surface area contributed by atoms with Crippen LogP contribution in [0.1, 0.15) is 20.3 Å². The molecular weight excluding hydrogens is 339 g/mol. The van der Waals surface area contributed by atoms with Gasteiger partial charge in [0.1, 0.15) is 23.8 Å². The van der Waals surface area contributed by atoms with Crippen molar-refractivity contribution in [3.63, 3.8) is 0 Å². The average molecular weight is 360 g/mol. The van der Waals surface area contributed by atoms with E-state index in [1.165, 1.54) is 24.3 Å². The highest BCUT2D eigenvalue weighted by Crippen LogP contribution is 2.25. The average Bonchev–Trinajstić information content (AvgIpc) is 2.56. The Morgan fingerprint density at radius 1 is 1.25 bits per heavy atom. The summed E-state index contributed by atoms with van der Waals surface area (Å²) in [4.78, 5) is 0. The zero-order valence-electron chi connectivity index (χ0n) is 13.4. The minimum Gasteiger partial charge on any atom is -0.447 e. The normalized spacial score (nSPS) is 30.0. The molecule has 134 valence electrons. The molecule has 1 aromatic rings. The molecule has 0 bridgehead atoms. The molecule has 2 N–H and O–H groups in total. The molecular formula is C16H21FO6S. The molecule has 0 radical (unpaired) electrons. The highest BCUT2D eigenvalue weighted by molar-refractivity contribution is 7.79. The molecule has 0 saturated carbocycles. The zero-order chi connectivity index (χ0) is 17.7. The Morgan fingerprint density at radius 2 is 1.92 bits per heavy atom. The van der Waals surface area contributed by atoms with E-state index in [9.17, 15) is 14.6 Å². The maximum absolute atomic E-state index is 12.9. The van der Waals surface area contributed by atoms with Crippen LogP contribution in [0.3, 0.4) is 0 Å². The monoisotopic (exact) mass is 360 g/mol. The van der Waals surface area contributed by atoms with Crippen molar-refractivity contribution in [1.82, 2.24) is 0 Å². The van der Waals surface area contributed by atoms with Crippen molar-refractivity contribution in [2.24, 2.45) is 0 Å². The van der Waals surface area contributed by atoms with Crippen molar-refractivity contribution in [3.8, 4) is 5.75 Å². The van der Waals surface area contributed by atoms with Gasteiger partial charge >= 0.3 is 5.24 Å². The predicted molar refractivity (Wildman–Crippen MR) is 87.1 cm³/mol. The lowest BCUT2D eigenvalue weighted by molar-refractivity contribution is -0.291. The van der Waals surface area contributed by atoms with Crippen molar-refractivity contribution in [2.45, 2.75) is 51.0 Å². The number of rotatable bonds is 5. The lowest BCUT2D eigenvalue weighted by Gasteiger charge is -2.40. The van der Waals surface area contributed by atoms with Crippen LogP contribution in [0.15, 0.2) is 24.3 Å². The first kappa shape index (κ1) is 19.0. The van der Waals surface area contributed by atoms with Gasteiger partial charge in [0.05, 0.1) is 6.10 Å². The van der Waals surface area contributed by atoms with Crippen molar-refractivity contribution in [2.75, 3.05) is 6.61 Å². The van der Waals surface area contributed by atoms with E-state index in [0.29, 0.717) is 6.61 Å². The van der Waals surface area contributed by atoms with Gasteiger partial charge < -0.3 is 29.2 Å². The van der Waals surface area contributed by atoms with Gasteiger partial charge in [-0.2, -0.15) is 0 Å². The summed E-state index contributed by atoms with van der Waals surface area (Å²) in [5.74, 6) is -0.126. The Morgan fingerprint density at radius 3 is 2.54 bits per heavy atom. The first-order valence-corrected chi connectivity index (χ1v) is 8.10. The number of aliphatic hydroxyl groups is 2. The van der Waals surface area contributed by atoms with Crippen molar-refractivity contribution in [3.05, 3.63) is 30.1 Å². The van der Waals surface area contributed by atoms with Gasteiger partial charge in [-0.15, -0.1) is 0 Å². The number of aliphatic hydroxyl groups excluding tert-OH is 2. The zero-order valence-corrected chi connectivity index (χ0v) is 14.2. The minimum atomic E-state index is -1.24. The van der Waals surface area contributed by atoms with Crippen LogP contribution in [0.4, 0.5) is 4.39 Å². The third-order valence-corrected chi connectivity index (χ3v) is 3.69. The summed E-state index contributed by atoms with van der Waals surface area (Å²) in [5, 5.41) is 20.2. The van der Waals surface area contributed by atoms with Crippen molar-refractivity contribution >= 4 is 17.5 Å². The maximum Gasteiger partial charge on any atom is 0.358 e. The van der Waals surface area contributed by atoms with Crippen molar-refractivity contribution < 1.29 is 33.6 Å². The number of thiocarbonyl (C=S) groups is 1. The van der Waals surface area contributed by atoms with Crippen LogP contribution in [0.5, 0.6) is 5.75 Å². The minimum absolute atomic E-state index is 0.282. The summed E-state index contributed by atoms with van der Waals surface area (Å²) < 4.78 is 34.4. The van der Waals surface area contributed by atoms with E-state index in [2.05, 4.69) is 0 Å². The van der Waals surface area contributed by atoms with Gasteiger partial charge in [-0.3, -0.25) is 0 Å². The molecule has 0 aliphatic carbocycles. The molecule has 0 amide bonds. The van der Waals surface area contributed by atoms with Crippen LogP contribution in [0, 0.1) is 5.82 Å². The molecule has 8 heteroatoms. The molecule has 0 aromatic heterocycles. The van der Waals surface area contributed by atoms with Gasteiger partial charge in [-0.25, -0.2) is 4.39 Å². The van der Waals surface area contributed by atoms with E-state index in [0.717, 1.165) is 6.42 Å². The van der Waals surface area contributed by atoms with Gasteiger partial charge in [0.15, 0.2) is 12.4 Å². The van der Waals surface area contributed by atoms with Crippen molar-refractivity contribution in [1.29, 1.82) is 0 Å². The molecule has 24 heavy (non-hydrogen) atoms. The molecule has 2 rings (SSSR count). The number of hydrogen-bond acceptors (Lipinski definition) is 7. The SMILES string of the molecule is CCCO[C@H]1O[C@@H](C)[C@@H](O)[C@@H](OC(=S)Oc2ccc(F)cc2)[C@@H]1O. The van der Waals surface area contributed by atoms with Crippen LogP contribution in [-0.2, 0) is 14.2 Å². The lowest BCUT2D eigenvalue weighted by Crippen LogP contribution is -2.59. The maximum atomic E-state index is 12.9. The molecule has 1 heterocycles. The fraction of sp³-hybridized carbons (Fsp3) is 0.562. The summed E-state index contributed by atoms with van der Waals surface area (Å²) in [6.45, 7) is 3.96. The second kappa shape index (κ2) is 8.68. The van der Waals surface area contributed by atoms with Gasteiger partial charge in [-0.05, 0) is 37.6 Å². The van der Waals surface area contributed by atoms with Gasteiger partial charge in [0.2, 0.25) is 0 Å². The molecule has 1 fully saturated rings. The smallest absolute Gasteiger partial charge is 0.358 e. The Hall–Kier alpha value is -1.32. The fourth-order valence-electron chi connectivity index (χ4n) is 2.24. The van der Waals surface area contributed by atoms with E-state index in [-0.39, 0.29) is 11.0 Å². The van der Waals surface area contributed by atoms with Gasteiger partial charge in [0.25, 0.3) is 0 Å². The summed E-state index contributed by atoms with van der Waals surface area (Å²) in [6, 6.07) is 5.20. The summed E-state index contributed by atoms with van der Waals surface area (Å²) in [7, 11) is 0. The van der Waals surface area contributed by atoms with E-state index < -0.39 is 36.5 Å². The predicted octanol–water partition coefficient (Wildman–Crippen LogP) is 1.77. The Labute approximate surface area is 145 Å². The van der Waals surface area contributed by atoms with Crippen LogP contribution in [-0.4, -0.2) is 52.8 Å². The molecule has 1 aliphatic rings. The van der Waals surface area contributed by atoms with Crippen LogP contribution < -0.4 is 4.74 Å². The molecule has 0 unspecified atom stereocenters. The van der Waals surface area contributed by atoms with Crippen LogP contribution in [0.25, 0.3) is 0 Å². The molecule has 0 spiro atoms. The van der Waals surface area contributed by atoms with E-state index in [4.69, 9.17) is 31.2 Å². The molecule has 1 aromatic carbocycles. The first-order chi connectivity index (χ1) is 11.4. The lowest BCUT2D eigenvalue weighted by atomic mass is 10.00. The van der Waals surface area contributed by atoms with E-state index in [1.54, 1.807) is 6.92 Å². The summed E-state index contributed by atoms with van der Waals surface area (Å²) in [6.07, 6.45) is -4.21. The van der Waals surface area contributed by atoms with Gasteiger partial charge in [-0.1, -0.05) is 6.92 Å². The third-order valence-electron chi connectivity index (χ3n) is 3.52. The van der Waals surface area contributed by atoms with Crippen LogP contribution in [0.2, 0.25) is 0 Å². The van der Waals surface area contributed by atoms with E-state index >= 15 is 0 Å². The van der Waals surface area contributed by atoms with E-state index in [1.807, 2.05) is 6.92 Å². The number of benzene rings is 1. The largest absolute Gasteiger partial charge is 0.447 e. The molecule has 1 aliphatic heterocycles. The quantitative estimate of drug-likeness (QED) is 0.775. The number of halogens is 1.